The maximum atomic E-state index is 13.8. The molecule has 3 amide bonds. The van der Waals surface area contributed by atoms with Gasteiger partial charge in [-0.15, -0.1) is 0 Å². The Bertz CT molecular complexity index is 1060. The lowest BCUT2D eigenvalue weighted by Gasteiger charge is -2.39. The van der Waals surface area contributed by atoms with Crippen LogP contribution in [0.1, 0.15) is 24.7 Å². The van der Waals surface area contributed by atoms with Crippen LogP contribution in [-0.2, 0) is 27.9 Å². The molecule has 35 heavy (non-hydrogen) atoms. The topological polar surface area (TPSA) is 99.6 Å². The molecule has 0 radical (unpaired) electrons. The number of aryl methyl sites for hydroxylation is 2. The summed E-state index contributed by atoms with van der Waals surface area (Å²) < 4.78 is 1.76. The van der Waals surface area contributed by atoms with E-state index >= 15 is 0 Å². The van der Waals surface area contributed by atoms with E-state index in [1.807, 2.05) is 37.1 Å². The lowest BCUT2D eigenvalue weighted by Crippen LogP contribution is -2.57. The van der Waals surface area contributed by atoms with Crippen LogP contribution in [0.15, 0.2) is 24.3 Å². The number of nitrogens with one attached hydrogen (secondary N) is 2. The highest BCUT2D eigenvalue weighted by Gasteiger charge is 2.39. The number of halogens is 2. The second kappa shape index (κ2) is 11.4. The highest BCUT2D eigenvalue weighted by molar-refractivity contribution is 6.35. The number of rotatable bonds is 9. The standard InChI is InChI=1S/C24H32Cl2N6O3/c1-16-9-20(30(4)29-16)10-17(14-24(2,27-3)23(35)28-15-33)22(34)32-7-5-31(6-8-32)21-12-18(25)11-19(26)13-21/h9,11-13,15,17,27H,5-8,10,14H2,1-4H3,(H,28,33,35). The number of anilines is 1. The number of piperazine rings is 1. The van der Waals surface area contributed by atoms with Gasteiger partial charge in [0.25, 0.3) is 0 Å². The monoisotopic (exact) mass is 522 g/mol. The average molecular weight is 523 g/mol. The second-order valence-corrected chi connectivity index (χ2v) is 9.99. The maximum Gasteiger partial charge on any atom is 0.246 e. The Balaban J connectivity index is 1.79. The molecule has 1 aromatic heterocycles. The zero-order valence-electron chi connectivity index (χ0n) is 20.5. The summed E-state index contributed by atoms with van der Waals surface area (Å²) in [5, 5.41) is 10.8. The Hall–Kier alpha value is -2.62. The Morgan fingerprint density at radius 2 is 1.77 bits per heavy atom. The first-order valence-corrected chi connectivity index (χ1v) is 12.2. The van der Waals surface area contributed by atoms with Crippen LogP contribution in [0.4, 0.5) is 5.69 Å². The molecule has 1 fully saturated rings. The van der Waals surface area contributed by atoms with Crippen molar-refractivity contribution in [2.45, 2.75) is 32.2 Å². The largest absolute Gasteiger partial charge is 0.368 e. The lowest BCUT2D eigenvalue weighted by molar-refractivity contribution is -0.137. The van der Waals surface area contributed by atoms with Crippen molar-refractivity contribution in [3.8, 4) is 0 Å². The van der Waals surface area contributed by atoms with Gasteiger partial charge < -0.3 is 15.1 Å². The minimum atomic E-state index is -1.10. The number of imide groups is 1. The van der Waals surface area contributed by atoms with Crippen LogP contribution >= 0.6 is 23.2 Å². The van der Waals surface area contributed by atoms with Crippen molar-refractivity contribution in [3.05, 3.63) is 45.7 Å². The van der Waals surface area contributed by atoms with Crippen LogP contribution in [0, 0.1) is 12.8 Å². The van der Waals surface area contributed by atoms with Gasteiger partial charge in [0.15, 0.2) is 0 Å². The summed E-state index contributed by atoms with van der Waals surface area (Å²) in [4.78, 5) is 41.3. The number of nitrogens with zero attached hydrogens (tertiary/aromatic N) is 4. The Kier molecular flexibility index (Phi) is 8.79. The smallest absolute Gasteiger partial charge is 0.246 e. The Morgan fingerprint density at radius 1 is 1.14 bits per heavy atom. The van der Waals surface area contributed by atoms with Gasteiger partial charge in [-0.1, -0.05) is 23.2 Å². The average Bonchev–Trinajstić information content (AvgIpc) is 3.14. The molecule has 2 N–H and O–H groups in total. The number of benzene rings is 1. The number of carbonyl (C=O) groups is 3. The molecular weight excluding hydrogens is 491 g/mol. The highest BCUT2D eigenvalue weighted by atomic mass is 35.5. The van der Waals surface area contributed by atoms with Crippen molar-refractivity contribution in [2.75, 3.05) is 38.1 Å². The van der Waals surface area contributed by atoms with Crippen LogP contribution in [0.2, 0.25) is 10.0 Å². The molecular formula is C24H32Cl2N6O3. The summed E-state index contributed by atoms with van der Waals surface area (Å²) in [6, 6.07) is 7.37. The Labute approximate surface area is 215 Å². The second-order valence-electron chi connectivity index (χ2n) is 9.12. The molecule has 2 unspecified atom stereocenters. The van der Waals surface area contributed by atoms with Gasteiger partial charge in [-0.05, 0) is 51.6 Å². The van der Waals surface area contributed by atoms with Crippen LogP contribution in [-0.4, -0.2) is 71.7 Å². The van der Waals surface area contributed by atoms with E-state index in [4.69, 9.17) is 23.2 Å². The summed E-state index contributed by atoms with van der Waals surface area (Å²) >= 11 is 12.3. The number of likely N-dealkylation sites (N-methyl/N-ethyl adjacent to an activating group) is 1. The number of amides is 3. The van der Waals surface area contributed by atoms with Crippen molar-refractivity contribution in [3.63, 3.8) is 0 Å². The first kappa shape index (κ1) is 27.0. The van der Waals surface area contributed by atoms with Gasteiger partial charge in [0, 0.05) is 67.0 Å². The summed E-state index contributed by atoms with van der Waals surface area (Å²) in [7, 11) is 3.49. The molecule has 1 aromatic carbocycles. The molecule has 0 saturated carbocycles. The number of hydrogen-bond acceptors (Lipinski definition) is 6. The molecule has 2 atom stereocenters. The predicted octanol–water partition coefficient (Wildman–Crippen LogP) is 2.18. The first-order valence-electron chi connectivity index (χ1n) is 11.5. The molecule has 0 spiro atoms. The highest BCUT2D eigenvalue weighted by Crippen LogP contribution is 2.28. The third kappa shape index (κ3) is 6.54. The lowest BCUT2D eigenvalue weighted by atomic mass is 9.84. The summed E-state index contributed by atoms with van der Waals surface area (Å²) in [5.74, 6) is -1.00. The van der Waals surface area contributed by atoms with Gasteiger partial charge in [0.2, 0.25) is 18.2 Å². The van der Waals surface area contributed by atoms with Gasteiger partial charge in [-0.2, -0.15) is 5.10 Å². The zero-order chi connectivity index (χ0) is 25.8. The van der Waals surface area contributed by atoms with Crippen molar-refractivity contribution in [2.24, 2.45) is 13.0 Å². The molecule has 2 aromatic rings. The fraction of sp³-hybridized carbons (Fsp3) is 0.500. The normalized spacial score (nSPS) is 16.5. The molecule has 0 bridgehead atoms. The van der Waals surface area contributed by atoms with Crippen LogP contribution < -0.4 is 15.5 Å². The van der Waals surface area contributed by atoms with Gasteiger partial charge in [-0.25, -0.2) is 0 Å². The van der Waals surface area contributed by atoms with E-state index in [-0.39, 0.29) is 12.3 Å². The number of hydrogen-bond donors (Lipinski definition) is 2. The van der Waals surface area contributed by atoms with E-state index in [0.29, 0.717) is 49.1 Å². The van der Waals surface area contributed by atoms with Crippen LogP contribution in [0.25, 0.3) is 0 Å². The van der Waals surface area contributed by atoms with Crippen LogP contribution in [0.3, 0.4) is 0 Å². The zero-order valence-corrected chi connectivity index (χ0v) is 22.0. The molecule has 190 valence electrons. The number of carbonyl (C=O) groups excluding carboxylic acids is 3. The third-order valence-corrected chi connectivity index (χ3v) is 7.04. The van der Waals surface area contributed by atoms with Crippen LogP contribution in [0.5, 0.6) is 0 Å². The van der Waals surface area contributed by atoms with Crippen molar-refractivity contribution < 1.29 is 14.4 Å². The molecule has 1 saturated heterocycles. The minimum absolute atomic E-state index is 0.0343. The summed E-state index contributed by atoms with van der Waals surface area (Å²) in [6.45, 7) is 5.92. The van der Waals surface area contributed by atoms with E-state index in [2.05, 4.69) is 20.6 Å². The molecule has 9 nitrogen and oxygen atoms in total. The van der Waals surface area contributed by atoms with Gasteiger partial charge in [0.05, 0.1) is 11.2 Å². The van der Waals surface area contributed by atoms with Gasteiger partial charge in [-0.3, -0.25) is 24.4 Å². The Morgan fingerprint density at radius 3 is 2.29 bits per heavy atom. The molecule has 0 aliphatic carbocycles. The van der Waals surface area contributed by atoms with Crippen molar-refractivity contribution in [1.82, 2.24) is 25.3 Å². The SMILES string of the molecule is CNC(C)(CC(Cc1cc(C)nn1C)C(=O)N1CCN(c2cc(Cl)cc(Cl)c2)CC1)C(=O)NC=O. The molecule has 2 heterocycles. The van der Waals surface area contributed by atoms with E-state index in [1.54, 1.807) is 24.7 Å². The minimum Gasteiger partial charge on any atom is -0.368 e. The quantitative estimate of drug-likeness (QED) is 0.489. The predicted molar refractivity (Wildman–Crippen MR) is 137 cm³/mol. The number of aromatic nitrogens is 2. The molecule has 3 rings (SSSR count). The van der Waals surface area contributed by atoms with Gasteiger partial charge >= 0.3 is 0 Å². The van der Waals surface area contributed by atoms with Crippen molar-refractivity contribution >= 4 is 47.1 Å². The fourth-order valence-corrected chi connectivity index (χ4v) is 5.05. The summed E-state index contributed by atoms with van der Waals surface area (Å²) in [5.41, 5.74) is 1.58. The van der Waals surface area contributed by atoms with E-state index < -0.39 is 17.4 Å². The first-order chi connectivity index (χ1) is 16.6. The molecule has 11 heteroatoms. The molecule has 1 aliphatic heterocycles. The van der Waals surface area contributed by atoms with E-state index in [9.17, 15) is 14.4 Å². The van der Waals surface area contributed by atoms with E-state index in [0.717, 1.165) is 17.1 Å². The summed E-state index contributed by atoms with van der Waals surface area (Å²) in [6.07, 6.45) is 1.00. The molecule has 1 aliphatic rings. The fourth-order valence-electron chi connectivity index (χ4n) is 4.53. The third-order valence-electron chi connectivity index (χ3n) is 6.61. The maximum absolute atomic E-state index is 13.8. The van der Waals surface area contributed by atoms with Crippen molar-refractivity contribution in [1.29, 1.82) is 0 Å². The van der Waals surface area contributed by atoms with Gasteiger partial charge in [0.1, 0.15) is 0 Å². The van der Waals surface area contributed by atoms with E-state index in [1.165, 1.54) is 0 Å².